The Labute approximate surface area is 105 Å². The second-order valence-electron chi connectivity index (χ2n) is 4.15. The molecule has 1 fully saturated rings. The van der Waals surface area contributed by atoms with E-state index < -0.39 is 0 Å². The van der Waals surface area contributed by atoms with Gasteiger partial charge in [-0.05, 0) is 17.7 Å². The molecule has 1 N–H and O–H groups in total. The molecule has 0 spiro atoms. The predicted octanol–water partition coefficient (Wildman–Crippen LogP) is 0.0592. The predicted molar refractivity (Wildman–Crippen MR) is 64.5 cm³/mol. The van der Waals surface area contributed by atoms with E-state index in [0.717, 1.165) is 5.56 Å². The summed E-state index contributed by atoms with van der Waals surface area (Å²) in [4.78, 5) is 24.7. The number of nitrogens with one attached hydrogen (secondary N) is 1. The zero-order chi connectivity index (χ0) is 13.0. The van der Waals surface area contributed by atoms with E-state index in [1.807, 2.05) is 6.07 Å². The van der Waals surface area contributed by atoms with Crippen LogP contribution in [0, 0.1) is 11.3 Å². The smallest absolute Gasteiger partial charge is 0.239 e. The molecular weight excluding hydrogens is 230 g/mol. The lowest BCUT2D eigenvalue weighted by Gasteiger charge is -2.26. The number of carbonyl (C=O) groups is 2. The standard InChI is InChI=1S/C13H13N3O2/c14-8-11-3-1-10(2-4-11)7-13(18)16-6-5-15-12(17)9-16/h1-4H,5-7,9H2,(H,15,17). The van der Waals surface area contributed by atoms with Gasteiger partial charge in [-0.25, -0.2) is 0 Å². The van der Waals surface area contributed by atoms with E-state index in [2.05, 4.69) is 5.32 Å². The van der Waals surface area contributed by atoms with Crippen molar-refractivity contribution in [3.05, 3.63) is 35.4 Å². The Morgan fingerprint density at radius 2 is 2.11 bits per heavy atom. The van der Waals surface area contributed by atoms with Gasteiger partial charge in [-0.1, -0.05) is 12.1 Å². The lowest BCUT2D eigenvalue weighted by atomic mass is 10.1. The Hall–Kier alpha value is -2.35. The zero-order valence-electron chi connectivity index (χ0n) is 9.85. The maximum atomic E-state index is 11.9. The molecule has 0 atom stereocenters. The SMILES string of the molecule is N#Cc1ccc(CC(=O)N2CCNC(=O)C2)cc1. The molecule has 1 aromatic rings. The van der Waals surface area contributed by atoms with Gasteiger partial charge >= 0.3 is 0 Å². The van der Waals surface area contributed by atoms with Crippen LogP contribution in [0.4, 0.5) is 0 Å². The summed E-state index contributed by atoms with van der Waals surface area (Å²) in [5.41, 5.74) is 1.42. The van der Waals surface area contributed by atoms with Crippen molar-refractivity contribution in [2.75, 3.05) is 19.6 Å². The molecule has 1 aliphatic rings. The first-order valence-electron chi connectivity index (χ1n) is 5.72. The van der Waals surface area contributed by atoms with Gasteiger partial charge in [0.1, 0.15) is 0 Å². The van der Waals surface area contributed by atoms with Gasteiger partial charge in [0.05, 0.1) is 24.6 Å². The van der Waals surface area contributed by atoms with Gasteiger partial charge < -0.3 is 10.2 Å². The number of nitrogens with zero attached hydrogens (tertiary/aromatic N) is 2. The van der Waals surface area contributed by atoms with E-state index in [0.29, 0.717) is 18.7 Å². The zero-order valence-corrected chi connectivity index (χ0v) is 9.85. The van der Waals surface area contributed by atoms with Crippen LogP contribution in [0.1, 0.15) is 11.1 Å². The van der Waals surface area contributed by atoms with Gasteiger partial charge in [0, 0.05) is 13.1 Å². The maximum absolute atomic E-state index is 11.9. The Morgan fingerprint density at radius 1 is 1.39 bits per heavy atom. The molecule has 2 rings (SSSR count). The molecule has 92 valence electrons. The summed E-state index contributed by atoms with van der Waals surface area (Å²) in [6.45, 7) is 1.20. The van der Waals surface area contributed by atoms with Crippen LogP contribution in [-0.4, -0.2) is 36.3 Å². The van der Waals surface area contributed by atoms with Crippen LogP contribution in [0.25, 0.3) is 0 Å². The second kappa shape index (κ2) is 5.32. The monoisotopic (exact) mass is 243 g/mol. The molecule has 5 heteroatoms. The molecule has 1 saturated heterocycles. The first-order valence-corrected chi connectivity index (χ1v) is 5.72. The summed E-state index contributed by atoms with van der Waals surface area (Å²) in [6, 6.07) is 8.93. The van der Waals surface area contributed by atoms with Gasteiger partial charge in [-0.3, -0.25) is 9.59 Å². The van der Waals surface area contributed by atoms with Crippen molar-refractivity contribution in [3.63, 3.8) is 0 Å². The molecule has 1 heterocycles. The first-order chi connectivity index (χ1) is 8.69. The molecule has 0 saturated carbocycles. The number of piperazine rings is 1. The highest BCUT2D eigenvalue weighted by molar-refractivity contribution is 5.86. The minimum atomic E-state index is -0.116. The van der Waals surface area contributed by atoms with Crippen molar-refractivity contribution in [1.29, 1.82) is 5.26 Å². The lowest BCUT2D eigenvalue weighted by Crippen LogP contribution is -2.50. The van der Waals surface area contributed by atoms with Gasteiger partial charge in [0.2, 0.25) is 11.8 Å². The van der Waals surface area contributed by atoms with Gasteiger partial charge in [-0.2, -0.15) is 5.26 Å². The highest BCUT2D eigenvalue weighted by Crippen LogP contribution is 2.06. The Bertz CT molecular complexity index is 502. The normalized spacial score (nSPS) is 14.8. The lowest BCUT2D eigenvalue weighted by molar-refractivity contribution is -0.137. The molecule has 5 nitrogen and oxygen atoms in total. The second-order valence-corrected chi connectivity index (χ2v) is 4.15. The summed E-state index contributed by atoms with van der Waals surface area (Å²) in [5, 5.41) is 11.4. The number of benzene rings is 1. The molecule has 1 aliphatic heterocycles. The number of rotatable bonds is 2. The number of hydrogen-bond acceptors (Lipinski definition) is 3. The molecular formula is C13H13N3O2. The van der Waals surface area contributed by atoms with Gasteiger partial charge in [-0.15, -0.1) is 0 Å². The van der Waals surface area contributed by atoms with Crippen LogP contribution in [0.2, 0.25) is 0 Å². The summed E-state index contributed by atoms with van der Waals surface area (Å²) in [5.74, 6) is -0.177. The van der Waals surface area contributed by atoms with Crippen molar-refractivity contribution in [2.45, 2.75) is 6.42 Å². The summed E-state index contributed by atoms with van der Waals surface area (Å²) < 4.78 is 0. The minimum absolute atomic E-state index is 0.0606. The molecule has 0 aliphatic carbocycles. The topological polar surface area (TPSA) is 73.2 Å². The van der Waals surface area contributed by atoms with Crippen molar-refractivity contribution in [1.82, 2.24) is 10.2 Å². The van der Waals surface area contributed by atoms with Crippen molar-refractivity contribution in [3.8, 4) is 6.07 Å². The van der Waals surface area contributed by atoms with E-state index in [9.17, 15) is 9.59 Å². The van der Waals surface area contributed by atoms with Gasteiger partial charge in [0.15, 0.2) is 0 Å². The Kier molecular flexibility index (Phi) is 3.58. The number of carbonyl (C=O) groups excluding carboxylic acids is 2. The third-order valence-corrected chi connectivity index (χ3v) is 2.83. The summed E-state index contributed by atoms with van der Waals surface area (Å²) in [6.07, 6.45) is 0.263. The van der Waals surface area contributed by atoms with E-state index in [4.69, 9.17) is 5.26 Å². The maximum Gasteiger partial charge on any atom is 0.239 e. The fraction of sp³-hybridized carbons (Fsp3) is 0.308. The minimum Gasteiger partial charge on any atom is -0.353 e. The average Bonchev–Trinajstić information content (AvgIpc) is 2.39. The molecule has 1 aromatic carbocycles. The third kappa shape index (κ3) is 2.86. The average molecular weight is 243 g/mol. The van der Waals surface area contributed by atoms with E-state index >= 15 is 0 Å². The van der Waals surface area contributed by atoms with Crippen LogP contribution < -0.4 is 5.32 Å². The largest absolute Gasteiger partial charge is 0.353 e. The molecule has 18 heavy (non-hydrogen) atoms. The third-order valence-electron chi connectivity index (χ3n) is 2.83. The molecule has 0 unspecified atom stereocenters. The highest BCUT2D eigenvalue weighted by atomic mass is 16.2. The Morgan fingerprint density at radius 3 is 2.72 bits per heavy atom. The summed E-state index contributed by atoms with van der Waals surface area (Å²) in [7, 11) is 0. The van der Waals surface area contributed by atoms with Crippen molar-refractivity contribution < 1.29 is 9.59 Å². The van der Waals surface area contributed by atoms with E-state index in [1.165, 1.54) is 0 Å². The van der Waals surface area contributed by atoms with Crippen LogP contribution in [0.5, 0.6) is 0 Å². The highest BCUT2D eigenvalue weighted by Gasteiger charge is 2.20. The van der Waals surface area contributed by atoms with Crippen LogP contribution >= 0.6 is 0 Å². The number of hydrogen-bond donors (Lipinski definition) is 1. The quantitative estimate of drug-likeness (QED) is 0.798. The van der Waals surface area contributed by atoms with E-state index in [1.54, 1.807) is 29.2 Å². The van der Waals surface area contributed by atoms with Crippen LogP contribution in [-0.2, 0) is 16.0 Å². The molecule has 2 amide bonds. The van der Waals surface area contributed by atoms with Crippen LogP contribution in [0.3, 0.4) is 0 Å². The number of amides is 2. The fourth-order valence-corrected chi connectivity index (χ4v) is 1.84. The number of nitriles is 1. The molecule has 0 radical (unpaired) electrons. The van der Waals surface area contributed by atoms with Crippen molar-refractivity contribution in [2.24, 2.45) is 0 Å². The first kappa shape index (κ1) is 12.1. The van der Waals surface area contributed by atoms with E-state index in [-0.39, 0.29) is 24.8 Å². The van der Waals surface area contributed by atoms with Crippen molar-refractivity contribution >= 4 is 11.8 Å². The summed E-state index contributed by atoms with van der Waals surface area (Å²) >= 11 is 0. The molecule has 0 bridgehead atoms. The van der Waals surface area contributed by atoms with Crippen LogP contribution in [0.15, 0.2) is 24.3 Å². The van der Waals surface area contributed by atoms with Gasteiger partial charge in [0.25, 0.3) is 0 Å². The fourth-order valence-electron chi connectivity index (χ4n) is 1.84. The molecule has 0 aromatic heterocycles. The Balaban J connectivity index is 1.98.